The molecule has 0 aliphatic carbocycles. The van der Waals surface area contributed by atoms with E-state index < -0.39 is 0 Å². The highest BCUT2D eigenvalue weighted by Crippen LogP contribution is 2.20. The van der Waals surface area contributed by atoms with Crippen LogP contribution >= 0.6 is 0 Å². The van der Waals surface area contributed by atoms with Gasteiger partial charge in [0.1, 0.15) is 0 Å². The average molecular weight is 386 g/mol. The fourth-order valence-electron chi connectivity index (χ4n) is 3.99. The molecule has 2 aliphatic rings. The number of piperidine rings is 2. The first kappa shape index (κ1) is 20.3. The number of rotatable bonds is 6. The van der Waals surface area contributed by atoms with Crippen molar-refractivity contribution >= 4 is 17.7 Å². The molecule has 3 rings (SSSR count). The second-order valence-electron chi connectivity index (χ2n) is 7.81. The fourth-order valence-corrected chi connectivity index (χ4v) is 3.99. The number of primary amides is 1. The third-order valence-electron chi connectivity index (χ3n) is 5.88. The maximum absolute atomic E-state index is 12.5. The highest BCUT2D eigenvalue weighted by molar-refractivity contribution is 5.80. The van der Waals surface area contributed by atoms with Crippen LogP contribution in [0.1, 0.15) is 31.2 Å². The van der Waals surface area contributed by atoms with Gasteiger partial charge in [0.15, 0.2) is 0 Å². The van der Waals surface area contributed by atoms with E-state index in [9.17, 15) is 14.4 Å². The second kappa shape index (κ2) is 9.68. The van der Waals surface area contributed by atoms with Gasteiger partial charge in [-0.1, -0.05) is 30.3 Å². The lowest BCUT2D eigenvalue weighted by molar-refractivity contribution is -0.136. The number of amides is 3. The minimum atomic E-state index is -0.264. The van der Waals surface area contributed by atoms with Gasteiger partial charge in [0.2, 0.25) is 17.7 Å². The van der Waals surface area contributed by atoms with Crippen LogP contribution in [-0.4, -0.2) is 60.2 Å². The van der Waals surface area contributed by atoms with Gasteiger partial charge in [0, 0.05) is 31.5 Å². The topological polar surface area (TPSA) is 95.7 Å². The van der Waals surface area contributed by atoms with Crippen molar-refractivity contribution in [3.63, 3.8) is 0 Å². The monoisotopic (exact) mass is 386 g/mol. The summed E-state index contributed by atoms with van der Waals surface area (Å²) in [5.74, 6) is -0.145. The Kier molecular flexibility index (Phi) is 7.03. The van der Waals surface area contributed by atoms with Gasteiger partial charge in [-0.05, 0) is 44.3 Å². The van der Waals surface area contributed by atoms with E-state index in [1.54, 1.807) is 0 Å². The van der Waals surface area contributed by atoms with Crippen molar-refractivity contribution in [2.45, 2.75) is 32.2 Å². The number of nitrogens with zero attached hydrogens (tertiary/aromatic N) is 2. The van der Waals surface area contributed by atoms with Crippen LogP contribution in [0.25, 0.3) is 0 Å². The lowest BCUT2D eigenvalue weighted by atomic mass is 9.95. The molecule has 7 heteroatoms. The molecule has 0 bridgehead atoms. The Hall–Kier alpha value is -2.41. The van der Waals surface area contributed by atoms with E-state index >= 15 is 0 Å². The zero-order chi connectivity index (χ0) is 19.9. The first-order valence-corrected chi connectivity index (χ1v) is 10.1. The summed E-state index contributed by atoms with van der Waals surface area (Å²) >= 11 is 0. The Morgan fingerprint density at radius 1 is 0.929 bits per heavy atom. The lowest BCUT2D eigenvalue weighted by Crippen LogP contribution is -2.48. The minimum Gasteiger partial charge on any atom is -0.369 e. The molecule has 3 N–H and O–H groups in total. The molecule has 0 atom stereocenters. The van der Waals surface area contributed by atoms with E-state index in [4.69, 9.17) is 5.73 Å². The number of hydrogen-bond donors (Lipinski definition) is 2. The molecule has 2 fully saturated rings. The summed E-state index contributed by atoms with van der Waals surface area (Å²) in [7, 11) is 0. The molecule has 0 aromatic heterocycles. The van der Waals surface area contributed by atoms with Gasteiger partial charge in [-0.3, -0.25) is 19.3 Å². The molecule has 1 aromatic carbocycles. The van der Waals surface area contributed by atoms with Gasteiger partial charge in [-0.15, -0.1) is 0 Å². The van der Waals surface area contributed by atoms with Gasteiger partial charge in [-0.2, -0.15) is 0 Å². The van der Waals surface area contributed by atoms with Crippen LogP contribution in [0.15, 0.2) is 30.3 Å². The van der Waals surface area contributed by atoms with Crippen molar-refractivity contribution in [3.8, 4) is 0 Å². The maximum Gasteiger partial charge on any atom is 0.236 e. The Morgan fingerprint density at radius 2 is 1.54 bits per heavy atom. The molecule has 0 saturated carbocycles. The van der Waals surface area contributed by atoms with Crippen molar-refractivity contribution in [2.24, 2.45) is 17.6 Å². The van der Waals surface area contributed by atoms with Gasteiger partial charge in [0.25, 0.3) is 0 Å². The molecular formula is C21H30N4O3. The number of likely N-dealkylation sites (tertiary alicyclic amines) is 2. The van der Waals surface area contributed by atoms with Gasteiger partial charge in [0.05, 0.1) is 6.54 Å². The van der Waals surface area contributed by atoms with Gasteiger partial charge in [-0.25, -0.2) is 0 Å². The van der Waals surface area contributed by atoms with E-state index in [0.717, 1.165) is 31.5 Å². The summed E-state index contributed by atoms with van der Waals surface area (Å²) in [5.41, 5.74) is 6.44. The molecule has 0 unspecified atom stereocenters. The fraction of sp³-hybridized carbons (Fsp3) is 0.571. The van der Waals surface area contributed by atoms with Crippen molar-refractivity contribution < 1.29 is 14.4 Å². The summed E-state index contributed by atoms with van der Waals surface area (Å²) in [6.07, 6.45) is 2.87. The van der Waals surface area contributed by atoms with E-state index in [0.29, 0.717) is 39.0 Å². The maximum atomic E-state index is 12.5. The van der Waals surface area contributed by atoms with Crippen molar-refractivity contribution in [1.82, 2.24) is 15.1 Å². The largest absolute Gasteiger partial charge is 0.369 e. The highest BCUT2D eigenvalue weighted by atomic mass is 16.2. The third-order valence-corrected chi connectivity index (χ3v) is 5.88. The van der Waals surface area contributed by atoms with Crippen molar-refractivity contribution in [3.05, 3.63) is 35.9 Å². The van der Waals surface area contributed by atoms with Crippen LogP contribution in [-0.2, 0) is 20.9 Å². The third kappa shape index (κ3) is 5.55. The van der Waals surface area contributed by atoms with Crippen LogP contribution in [0.3, 0.4) is 0 Å². The smallest absolute Gasteiger partial charge is 0.236 e. The summed E-state index contributed by atoms with van der Waals surface area (Å²) in [6, 6.07) is 9.89. The molecule has 2 heterocycles. The zero-order valence-corrected chi connectivity index (χ0v) is 16.3. The van der Waals surface area contributed by atoms with Gasteiger partial charge >= 0.3 is 0 Å². The Balaban J connectivity index is 1.36. The number of carbonyl (C=O) groups excluding carboxylic acids is 3. The molecule has 0 radical (unpaired) electrons. The predicted octanol–water partition coefficient (Wildman–Crippen LogP) is 0.739. The Labute approximate surface area is 166 Å². The van der Waals surface area contributed by atoms with Crippen molar-refractivity contribution in [2.75, 3.05) is 32.7 Å². The van der Waals surface area contributed by atoms with Crippen LogP contribution < -0.4 is 11.1 Å². The molecule has 28 heavy (non-hydrogen) atoms. The summed E-state index contributed by atoms with van der Waals surface area (Å²) in [6.45, 7) is 3.66. The molecule has 2 saturated heterocycles. The first-order valence-electron chi connectivity index (χ1n) is 10.1. The number of nitrogens with two attached hydrogens (primary N) is 1. The Morgan fingerprint density at radius 3 is 2.14 bits per heavy atom. The van der Waals surface area contributed by atoms with E-state index in [1.165, 1.54) is 0 Å². The standard InChI is InChI=1S/C21H30N4O3/c22-20(27)17-8-12-25(13-9-17)19(26)15-24-10-6-18(7-11-24)21(28)23-14-16-4-2-1-3-5-16/h1-5,17-18H,6-15H2,(H2,22,27)(H,23,28). The number of nitrogens with one attached hydrogen (secondary N) is 1. The molecular weight excluding hydrogens is 356 g/mol. The molecule has 3 amide bonds. The minimum absolute atomic E-state index is 0.0152. The van der Waals surface area contributed by atoms with Crippen LogP contribution in [0.4, 0.5) is 0 Å². The lowest BCUT2D eigenvalue weighted by Gasteiger charge is -2.35. The summed E-state index contributed by atoms with van der Waals surface area (Å²) in [4.78, 5) is 40.1. The predicted molar refractivity (Wildman–Crippen MR) is 106 cm³/mol. The Bertz CT molecular complexity index is 678. The van der Waals surface area contributed by atoms with E-state index in [-0.39, 0.29) is 29.6 Å². The summed E-state index contributed by atoms with van der Waals surface area (Å²) in [5, 5.41) is 3.02. The number of carbonyl (C=O) groups is 3. The van der Waals surface area contributed by atoms with Crippen LogP contribution in [0.2, 0.25) is 0 Å². The van der Waals surface area contributed by atoms with Gasteiger partial charge < -0.3 is 16.0 Å². The number of hydrogen-bond acceptors (Lipinski definition) is 4. The van der Waals surface area contributed by atoms with Crippen molar-refractivity contribution in [1.29, 1.82) is 0 Å². The van der Waals surface area contributed by atoms with Crippen LogP contribution in [0, 0.1) is 11.8 Å². The molecule has 152 valence electrons. The molecule has 1 aromatic rings. The molecule has 7 nitrogen and oxygen atoms in total. The normalized spacial score (nSPS) is 19.4. The van der Waals surface area contributed by atoms with E-state index in [2.05, 4.69) is 10.2 Å². The van der Waals surface area contributed by atoms with E-state index in [1.807, 2.05) is 35.2 Å². The average Bonchev–Trinajstić information content (AvgIpc) is 2.73. The highest BCUT2D eigenvalue weighted by Gasteiger charge is 2.29. The molecule has 0 spiro atoms. The zero-order valence-electron chi connectivity index (χ0n) is 16.3. The SMILES string of the molecule is NC(=O)C1CCN(C(=O)CN2CCC(C(=O)NCc3ccccc3)CC2)CC1. The molecule has 2 aliphatic heterocycles. The summed E-state index contributed by atoms with van der Waals surface area (Å²) < 4.78 is 0. The number of benzene rings is 1. The van der Waals surface area contributed by atoms with Crippen LogP contribution in [0.5, 0.6) is 0 Å². The first-order chi connectivity index (χ1) is 13.5. The quantitative estimate of drug-likeness (QED) is 0.754. The second-order valence-corrected chi connectivity index (χ2v) is 7.81.